The molecule has 3 aromatic carbocycles. The second-order valence-corrected chi connectivity index (χ2v) is 6.78. The van der Waals surface area contributed by atoms with E-state index in [0.29, 0.717) is 23.6 Å². The second kappa shape index (κ2) is 9.43. The van der Waals surface area contributed by atoms with E-state index in [1.165, 1.54) is 0 Å². The highest BCUT2D eigenvalue weighted by Crippen LogP contribution is 2.26. The minimum Gasteiger partial charge on any atom is -0.456 e. The summed E-state index contributed by atoms with van der Waals surface area (Å²) in [6, 6.07) is 26.1. The molecule has 1 N–H and O–H groups in total. The van der Waals surface area contributed by atoms with Crippen molar-refractivity contribution in [2.45, 2.75) is 19.5 Å². The average molecular weight is 385 g/mol. The van der Waals surface area contributed by atoms with Crippen LogP contribution in [0.1, 0.15) is 18.1 Å². The first-order chi connectivity index (χ1) is 14.1. The Morgan fingerprint density at radius 3 is 2.38 bits per heavy atom. The lowest BCUT2D eigenvalue weighted by molar-refractivity contribution is -0.130. The molecule has 146 valence electrons. The van der Waals surface area contributed by atoms with Crippen molar-refractivity contribution < 1.29 is 9.53 Å². The molecule has 3 rings (SSSR count). The number of ether oxygens (including phenoxy) is 1. The van der Waals surface area contributed by atoms with Crippen LogP contribution in [0.25, 0.3) is 0 Å². The third kappa shape index (κ3) is 5.36. The fourth-order valence-electron chi connectivity index (χ4n) is 2.97. The van der Waals surface area contributed by atoms with Gasteiger partial charge in [-0.1, -0.05) is 42.5 Å². The molecule has 0 saturated carbocycles. The summed E-state index contributed by atoms with van der Waals surface area (Å²) in [6.45, 7) is 2.41. The smallest absolute Gasteiger partial charge is 0.244 e. The van der Waals surface area contributed by atoms with Gasteiger partial charge in [-0.05, 0) is 48.9 Å². The molecule has 0 aliphatic carbocycles. The van der Waals surface area contributed by atoms with Crippen molar-refractivity contribution in [1.82, 2.24) is 4.90 Å². The van der Waals surface area contributed by atoms with Crippen molar-refractivity contribution >= 4 is 11.6 Å². The maximum atomic E-state index is 12.6. The molecule has 3 aromatic rings. The van der Waals surface area contributed by atoms with Crippen LogP contribution in [0.5, 0.6) is 11.5 Å². The zero-order valence-corrected chi connectivity index (χ0v) is 16.5. The molecule has 0 bridgehead atoms. The van der Waals surface area contributed by atoms with Gasteiger partial charge in [-0.15, -0.1) is 0 Å². The lowest BCUT2D eigenvalue weighted by atomic mass is 10.2. The Morgan fingerprint density at radius 1 is 1.03 bits per heavy atom. The molecule has 5 heteroatoms. The molecule has 0 aliphatic rings. The van der Waals surface area contributed by atoms with Crippen LogP contribution in [0.2, 0.25) is 0 Å². The van der Waals surface area contributed by atoms with Gasteiger partial charge in [0.15, 0.2) is 0 Å². The fraction of sp³-hybridized carbons (Fsp3) is 0.167. The summed E-state index contributed by atoms with van der Waals surface area (Å²) in [5, 5.41) is 12.4. The van der Waals surface area contributed by atoms with Gasteiger partial charge in [-0.2, -0.15) is 5.26 Å². The molecule has 1 unspecified atom stereocenters. The number of amides is 1. The van der Waals surface area contributed by atoms with E-state index < -0.39 is 0 Å². The summed E-state index contributed by atoms with van der Waals surface area (Å²) in [4.78, 5) is 14.4. The fourth-order valence-corrected chi connectivity index (χ4v) is 2.97. The van der Waals surface area contributed by atoms with Crippen LogP contribution < -0.4 is 10.1 Å². The Kier molecular flexibility index (Phi) is 6.49. The van der Waals surface area contributed by atoms with Gasteiger partial charge in [0.05, 0.1) is 5.56 Å². The van der Waals surface area contributed by atoms with Gasteiger partial charge >= 0.3 is 0 Å². The molecule has 1 atom stereocenters. The van der Waals surface area contributed by atoms with E-state index >= 15 is 0 Å². The standard InChI is InChI=1S/C24H23N3O2/c1-18(24(28)27(2)17-19-8-4-3-5-9-19)26-21-12-14-22(15-13-21)29-23-11-7-6-10-20(23)16-25/h3-15,18,26H,17H2,1-2H3. The van der Waals surface area contributed by atoms with Crippen LogP contribution in [0, 0.1) is 11.3 Å². The van der Waals surface area contributed by atoms with Gasteiger partial charge in [0, 0.05) is 19.3 Å². The molecular formula is C24H23N3O2. The summed E-state index contributed by atoms with van der Waals surface area (Å²) >= 11 is 0. The van der Waals surface area contributed by atoms with Crippen LogP contribution in [0.4, 0.5) is 5.69 Å². The SMILES string of the molecule is CC(Nc1ccc(Oc2ccccc2C#N)cc1)C(=O)N(C)Cc1ccccc1. The molecule has 0 saturated heterocycles. The van der Waals surface area contributed by atoms with Gasteiger partial charge < -0.3 is 15.0 Å². The highest BCUT2D eigenvalue weighted by atomic mass is 16.5. The molecular weight excluding hydrogens is 362 g/mol. The number of likely N-dealkylation sites (N-methyl/N-ethyl adjacent to an activating group) is 1. The van der Waals surface area contributed by atoms with Gasteiger partial charge in [0.2, 0.25) is 5.91 Å². The number of carbonyl (C=O) groups is 1. The van der Waals surface area contributed by atoms with Crippen molar-refractivity contribution in [1.29, 1.82) is 5.26 Å². The van der Waals surface area contributed by atoms with E-state index in [9.17, 15) is 4.79 Å². The van der Waals surface area contributed by atoms with Crippen molar-refractivity contribution in [2.24, 2.45) is 0 Å². The van der Waals surface area contributed by atoms with Crippen molar-refractivity contribution in [2.75, 3.05) is 12.4 Å². The van der Waals surface area contributed by atoms with Crippen LogP contribution in [-0.2, 0) is 11.3 Å². The average Bonchev–Trinajstić information content (AvgIpc) is 2.75. The highest BCUT2D eigenvalue weighted by Gasteiger charge is 2.17. The Labute approximate surface area is 171 Å². The second-order valence-electron chi connectivity index (χ2n) is 6.78. The minimum atomic E-state index is -0.366. The van der Waals surface area contributed by atoms with Crippen LogP contribution >= 0.6 is 0 Å². The number of anilines is 1. The molecule has 0 aromatic heterocycles. The lowest BCUT2D eigenvalue weighted by Gasteiger charge is -2.23. The number of hydrogen-bond acceptors (Lipinski definition) is 4. The van der Waals surface area contributed by atoms with Crippen LogP contribution in [0.3, 0.4) is 0 Å². The van der Waals surface area contributed by atoms with E-state index in [-0.39, 0.29) is 11.9 Å². The number of nitrogens with zero attached hydrogens (tertiary/aromatic N) is 2. The third-order valence-electron chi connectivity index (χ3n) is 4.48. The number of nitrogens with one attached hydrogen (secondary N) is 1. The first-order valence-electron chi connectivity index (χ1n) is 9.39. The first-order valence-corrected chi connectivity index (χ1v) is 9.39. The van der Waals surface area contributed by atoms with Crippen molar-refractivity contribution in [3.05, 3.63) is 90.0 Å². The summed E-state index contributed by atoms with van der Waals surface area (Å²) in [5.74, 6) is 1.15. The Bertz CT molecular complexity index is 995. The first kappa shape index (κ1) is 20.0. The maximum absolute atomic E-state index is 12.6. The maximum Gasteiger partial charge on any atom is 0.244 e. The summed E-state index contributed by atoms with van der Waals surface area (Å²) in [7, 11) is 1.80. The zero-order chi connectivity index (χ0) is 20.6. The largest absolute Gasteiger partial charge is 0.456 e. The zero-order valence-electron chi connectivity index (χ0n) is 16.5. The van der Waals surface area contributed by atoms with Crippen LogP contribution in [0.15, 0.2) is 78.9 Å². The molecule has 0 aliphatic heterocycles. The van der Waals surface area contributed by atoms with Gasteiger partial charge in [0.1, 0.15) is 23.6 Å². The predicted octanol–water partition coefficient (Wildman–Crippen LogP) is 4.81. The van der Waals surface area contributed by atoms with E-state index in [1.54, 1.807) is 42.3 Å². The monoisotopic (exact) mass is 385 g/mol. The van der Waals surface area contributed by atoms with E-state index in [1.807, 2.05) is 55.5 Å². The molecule has 0 radical (unpaired) electrons. The van der Waals surface area contributed by atoms with Crippen LogP contribution in [-0.4, -0.2) is 23.9 Å². The molecule has 0 fully saturated rings. The number of rotatable bonds is 7. The summed E-state index contributed by atoms with van der Waals surface area (Å²) < 4.78 is 5.79. The molecule has 5 nitrogen and oxygen atoms in total. The molecule has 29 heavy (non-hydrogen) atoms. The summed E-state index contributed by atoms with van der Waals surface area (Å²) in [5.41, 5.74) is 2.39. The van der Waals surface area contributed by atoms with E-state index in [0.717, 1.165) is 11.3 Å². The third-order valence-corrected chi connectivity index (χ3v) is 4.48. The van der Waals surface area contributed by atoms with E-state index in [4.69, 9.17) is 10.00 Å². The van der Waals surface area contributed by atoms with Gasteiger partial charge in [-0.25, -0.2) is 0 Å². The minimum absolute atomic E-state index is 0.0112. The normalized spacial score (nSPS) is 11.2. The summed E-state index contributed by atoms with van der Waals surface area (Å²) in [6.07, 6.45) is 0. The number of carbonyl (C=O) groups excluding carboxylic acids is 1. The molecule has 0 spiro atoms. The molecule has 0 heterocycles. The van der Waals surface area contributed by atoms with Crippen molar-refractivity contribution in [3.63, 3.8) is 0 Å². The van der Waals surface area contributed by atoms with Gasteiger partial charge in [-0.3, -0.25) is 4.79 Å². The number of hydrogen-bond donors (Lipinski definition) is 1. The van der Waals surface area contributed by atoms with Crippen molar-refractivity contribution in [3.8, 4) is 17.6 Å². The number of para-hydroxylation sites is 1. The Hall–Kier alpha value is -3.78. The number of nitriles is 1. The quantitative estimate of drug-likeness (QED) is 0.634. The Morgan fingerprint density at radius 2 is 1.69 bits per heavy atom. The highest BCUT2D eigenvalue weighted by molar-refractivity contribution is 5.84. The Balaban J connectivity index is 1.58. The van der Waals surface area contributed by atoms with E-state index in [2.05, 4.69) is 11.4 Å². The predicted molar refractivity (Wildman–Crippen MR) is 114 cm³/mol. The lowest BCUT2D eigenvalue weighted by Crippen LogP contribution is -2.38. The molecule has 1 amide bonds. The topological polar surface area (TPSA) is 65.4 Å². The van der Waals surface area contributed by atoms with Gasteiger partial charge in [0.25, 0.3) is 0 Å². The number of benzene rings is 3.